The molecule has 1 atom stereocenters. The maximum Gasteiger partial charge on any atom is 0.333 e. The molecule has 0 aliphatic heterocycles. The number of benzene rings is 1. The zero-order valence-electron chi connectivity index (χ0n) is 12.8. The molecule has 0 bridgehead atoms. The standard InChI is InChI=1S/C17H18N2O3/c1-11-6-7-14(12(2)9-11)16(20)19-15(17(21)22-3)13-5-4-8-18-10-13/h4-10,15H,1-3H3,(H,19,20)/t15-/m0/s1. The number of ether oxygens (including phenoxy) is 1. The first-order valence-corrected chi connectivity index (χ1v) is 6.89. The Kier molecular flexibility index (Phi) is 4.88. The molecule has 0 saturated carbocycles. The van der Waals surface area contributed by atoms with Crippen LogP contribution in [0.2, 0.25) is 0 Å². The third-order valence-corrected chi connectivity index (χ3v) is 3.36. The summed E-state index contributed by atoms with van der Waals surface area (Å²) in [6.45, 7) is 3.82. The van der Waals surface area contributed by atoms with Gasteiger partial charge in [0.15, 0.2) is 6.04 Å². The van der Waals surface area contributed by atoms with Crippen molar-refractivity contribution in [3.8, 4) is 0 Å². The van der Waals surface area contributed by atoms with Gasteiger partial charge < -0.3 is 10.1 Å². The Labute approximate surface area is 129 Å². The number of methoxy groups -OCH3 is 1. The van der Waals surface area contributed by atoms with Gasteiger partial charge in [0.25, 0.3) is 5.91 Å². The van der Waals surface area contributed by atoms with Crippen LogP contribution in [-0.4, -0.2) is 24.0 Å². The molecule has 0 fully saturated rings. The van der Waals surface area contributed by atoms with Crippen molar-refractivity contribution in [2.24, 2.45) is 0 Å². The van der Waals surface area contributed by atoms with Crippen molar-refractivity contribution in [3.63, 3.8) is 0 Å². The van der Waals surface area contributed by atoms with Crippen molar-refractivity contribution in [2.45, 2.75) is 19.9 Å². The lowest BCUT2D eigenvalue weighted by Gasteiger charge is -2.17. The number of aryl methyl sites for hydroxylation is 2. The van der Waals surface area contributed by atoms with E-state index in [9.17, 15) is 9.59 Å². The quantitative estimate of drug-likeness (QED) is 0.880. The van der Waals surface area contributed by atoms with Gasteiger partial charge in [0.1, 0.15) is 0 Å². The van der Waals surface area contributed by atoms with Gasteiger partial charge in [0, 0.05) is 23.5 Å². The van der Waals surface area contributed by atoms with Gasteiger partial charge in [-0.3, -0.25) is 9.78 Å². The second-order valence-corrected chi connectivity index (χ2v) is 5.03. The third-order valence-electron chi connectivity index (χ3n) is 3.36. The van der Waals surface area contributed by atoms with Gasteiger partial charge in [0.05, 0.1) is 7.11 Å². The van der Waals surface area contributed by atoms with E-state index in [-0.39, 0.29) is 5.91 Å². The number of carbonyl (C=O) groups is 2. The second-order valence-electron chi connectivity index (χ2n) is 5.03. The Hall–Kier alpha value is -2.69. The van der Waals surface area contributed by atoms with E-state index < -0.39 is 12.0 Å². The molecule has 22 heavy (non-hydrogen) atoms. The number of aromatic nitrogens is 1. The molecular weight excluding hydrogens is 280 g/mol. The number of hydrogen-bond donors (Lipinski definition) is 1. The molecule has 5 heteroatoms. The summed E-state index contributed by atoms with van der Waals surface area (Å²) in [4.78, 5) is 28.4. The SMILES string of the molecule is COC(=O)[C@@H](NC(=O)c1ccc(C)cc1C)c1cccnc1. The van der Waals surface area contributed by atoms with Crippen molar-refractivity contribution in [1.29, 1.82) is 0 Å². The Morgan fingerprint density at radius 3 is 2.59 bits per heavy atom. The van der Waals surface area contributed by atoms with Crippen molar-refractivity contribution < 1.29 is 14.3 Å². The molecule has 0 saturated heterocycles. The van der Waals surface area contributed by atoms with Crippen LogP contribution in [0, 0.1) is 13.8 Å². The first-order valence-electron chi connectivity index (χ1n) is 6.89. The fourth-order valence-corrected chi connectivity index (χ4v) is 2.22. The number of nitrogens with one attached hydrogen (secondary N) is 1. The summed E-state index contributed by atoms with van der Waals surface area (Å²) >= 11 is 0. The summed E-state index contributed by atoms with van der Waals surface area (Å²) in [7, 11) is 1.29. The topological polar surface area (TPSA) is 68.3 Å². The highest BCUT2D eigenvalue weighted by Crippen LogP contribution is 2.16. The minimum atomic E-state index is -0.882. The molecule has 0 radical (unpaired) electrons. The van der Waals surface area contributed by atoms with Gasteiger partial charge in [-0.15, -0.1) is 0 Å². The zero-order chi connectivity index (χ0) is 16.1. The lowest BCUT2D eigenvalue weighted by molar-refractivity contribution is -0.143. The van der Waals surface area contributed by atoms with E-state index in [2.05, 4.69) is 10.3 Å². The van der Waals surface area contributed by atoms with E-state index in [1.165, 1.54) is 13.3 Å². The lowest BCUT2D eigenvalue weighted by Crippen LogP contribution is -2.35. The number of pyridine rings is 1. The molecule has 0 spiro atoms. The van der Waals surface area contributed by atoms with Gasteiger partial charge in [-0.2, -0.15) is 0 Å². The molecule has 114 valence electrons. The molecule has 2 aromatic rings. The number of esters is 1. The van der Waals surface area contributed by atoms with Crippen LogP contribution in [0.5, 0.6) is 0 Å². The predicted octanol–water partition coefficient (Wildman–Crippen LogP) is 2.34. The van der Waals surface area contributed by atoms with Crippen LogP contribution < -0.4 is 5.32 Å². The van der Waals surface area contributed by atoms with Crippen LogP contribution in [0.4, 0.5) is 0 Å². The molecule has 0 unspecified atom stereocenters. The molecule has 2 rings (SSSR count). The highest BCUT2D eigenvalue weighted by atomic mass is 16.5. The van der Waals surface area contributed by atoms with Crippen LogP contribution in [-0.2, 0) is 9.53 Å². The normalized spacial score (nSPS) is 11.6. The fourth-order valence-electron chi connectivity index (χ4n) is 2.22. The third kappa shape index (κ3) is 3.49. The number of hydrogen-bond acceptors (Lipinski definition) is 4. The Morgan fingerprint density at radius 1 is 1.23 bits per heavy atom. The van der Waals surface area contributed by atoms with Gasteiger partial charge in [-0.1, -0.05) is 23.8 Å². The highest BCUT2D eigenvalue weighted by Gasteiger charge is 2.24. The molecule has 0 aliphatic rings. The number of amides is 1. The predicted molar refractivity (Wildman–Crippen MR) is 82.4 cm³/mol. The fraction of sp³-hybridized carbons (Fsp3) is 0.235. The van der Waals surface area contributed by atoms with Crippen molar-refractivity contribution in [1.82, 2.24) is 10.3 Å². The van der Waals surface area contributed by atoms with E-state index in [1.807, 2.05) is 26.0 Å². The lowest BCUT2D eigenvalue weighted by atomic mass is 10.0. The summed E-state index contributed by atoms with van der Waals surface area (Å²) in [6.07, 6.45) is 3.13. The largest absolute Gasteiger partial charge is 0.467 e. The van der Waals surface area contributed by atoms with Gasteiger partial charge >= 0.3 is 5.97 Å². The summed E-state index contributed by atoms with van der Waals surface area (Å²) in [5.41, 5.74) is 3.04. The Morgan fingerprint density at radius 2 is 2.00 bits per heavy atom. The van der Waals surface area contributed by atoms with Crippen LogP contribution in [0.3, 0.4) is 0 Å². The summed E-state index contributed by atoms with van der Waals surface area (Å²) < 4.78 is 4.77. The molecule has 0 aliphatic carbocycles. The van der Waals surface area contributed by atoms with Crippen molar-refractivity contribution in [3.05, 3.63) is 65.0 Å². The number of carbonyl (C=O) groups excluding carboxylic acids is 2. The van der Waals surface area contributed by atoms with Gasteiger partial charge in [-0.05, 0) is 31.5 Å². The average Bonchev–Trinajstić information content (AvgIpc) is 2.52. The average molecular weight is 298 g/mol. The van der Waals surface area contributed by atoms with E-state index in [0.717, 1.165) is 11.1 Å². The Balaban J connectivity index is 2.27. The number of nitrogens with zero attached hydrogens (tertiary/aromatic N) is 1. The minimum Gasteiger partial charge on any atom is -0.467 e. The van der Waals surface area contributed by atoms with Crippen LogP contribution >= 0.6 is 0 Å². The van der Waals surface area contributed by atoms with Gasteiger partial charge in [0.2, 0.25) is 0 Å². The number of rotatable bonds is 4. The van der Waals surface area contributed by atoms with E-state index in [1.54, 1.807) is 24.4 Å². The van der Waals surface area contributed by atoms with Crippen LogP contribution in [0.25, 0.3) is 0 Å². The highest BCUT2D eigenvalue weighted by molar-refractivity contribution is 5.98. The van der Waals surface area contributed by atoms with E-state index in [0.29, 0.717) is 11.1 Å². The molecule has 1 aromatic heterocycles. The summed E-state index contributed by atoms with van der Waals surface area (Å²) in [6, 6.07) is 8.07. The first-order chi connectivity index (χ1) is 10.5. The molecular formula is C17H18N2O3. The van der Waals surface area contributed by atoms with E-state index in [4.69, 9.17) is 4.74 Å². The summed E-state index contributed by atoms with van der Waals surface area (Å²) in [5, 5.41) is 2.71. The first kappa shape index (κ1) is 15.7. The smallest absolute Gasteiger partial charge is 0.333 e. The van der Waals surface area contributed by atoms with Gasteiger partial charge in [-0.25, -0.2) is 4.79 Å². The molecule has 1 aromatic carbocycles. The molecule has 5 nitrogen and oxygen atoms in total. The second kappa shape index (κ2) is 6.85. The Bertz CT molecular complexity index is 684. The maximum absolute atomic E-state index is 12.4. The van der Waals surface area contributed by atoms with Crippen LogP contribution in [0.1, 0.15) is 33.1 Å². The monoisotopic (exact) mass is 298 g/mol. The maximum atomic E-state index is 12.4. The molecule has 1 amide bonds. The molecule has 1 N–H and O–H groups in total. The van der Waals surface area contributed by atoms with E-state index >= 15 is 0 Å². The minimum absolute atomic E-state index is 0.322. The van der Waals surface area contributed by atoms with Crippen LogP contribution in [0.15, 0.2) is 42.7 Å². The summed E-state index contributed by atoms with van der Waals surface area (Å²) in [5.74, 6) is -0.858. The van der Waals surface area contributed by atoms with Crippen molar-refractivity contribution >= 4 is 11.9 Å². The van der Waals surface area contributed by atoms with Crippen molar-refractivity contribution in [2.75, 3.05) is 7.11 Å². The molecule has 1 heterocycles. The zero-order valence-corrected chi connectivity index (χ0v) is 12.8.